The highest BCUT2D eigenvalue weighted by atomic mass is 16.5. The van der Waals surface area contributed by atoms with Crippen LogP contribution in [0.3, 0.4) is 0 Å². The molecular weight excluding hydrogens is 250 g/mol. The van der Waals surface area contributed by atoms with E-state index in [9.17, 15) is 9.59 Å². The molecule has 2 N–H and O–H groups in total. The van der Waals surface area contributed by atoms with Crippen molar-refractivity contribution < 1.29 is 19.1 Å². The molecule has 0 aliphatic rings. The molecule has 0 aliphatic carbocycles. The van der Waals surface area contributed by atoms with E-state index in [1.54, 1.807) is 18.2 Å². The molecule has 1 rings (SSSR count). The first-order valence-corrected chi connectivity index (χ1v) is 5.30. The zero-order chi connectivity index (χ0) is 14.3. The Bertz CT molecular complexity index is 522. The van der Waals surface area contributed by atoms with E-state index in [1.165, 1.54) is 20.3 Å². The number of hydrogen-bond donors (Lipinski definition) is 2. The first kappa shape index (κ1) is 14.3. The van der Waals surface area contributed by atoms with E-state index in [2.05, 4.69) is 15.4 Å². The van der Waals surface area contributed by atoms with E-state index in [1.807, 2.05) is 0 Å². The van der Waals surface area contributed by atoms with Crippen molar-refractivity contribution >= 4 is 23.4 Å². The van der Waals surface area contributed by atoms with E-state index in [0.29, 0.717) is 17.1 Å². The first-order valence-electron chi connectivity index (χ1n) is 5.30. The Morgan fingerprint density at radius 1 is 1.32 bits per heavy atom. The Morgan fingerprint density at radius 3 is 2.63 bits per heavy atom. The molecule has 0 saturated heterocycles. The normalized spacial score (nSPS) is 9.11. The minimum Gasteiger partial charge on any atom is -0.494 e. The summed E-state index contributed by atoms with van der Waals surface area (Å²) in [6.45, 7) is 0. The Labute approximate surface area is 110 Å². The van der Waals surface area contributed by atoms with Crippen LogP contribution in [0, 0.1) is 11.3 Å². The van der Waals surface area contributed by atoms with Gasteiger partial charge in [0, 0.05) is 11.8 Å². The van der Waals surface area contributed by atoms with Crippen molar-refractivity contribution in [3.8, 4) is 11.8 Å². The summed E-state index contributed by atoms with van der Waals surface area (Å²) in [5.74, 6) is -0.0570. The van der Waals surface area contributed by atoms with Crippen LogP contribution in [0.15, 0.2) is 18.2 Å². The van der Waals surface area contributed by atoms with Crippen LogP contribution in [0.2, 0.25) is 0 Å². The minimum absolute atomic E-state index is 0.232. The van der Waals surface area contributed by atoms with Crippen LogP contribution in [0.1, 0.15) is 6.42 Å². The number of carbonyl (C=O) groups excluding carboxylic acids is 2. The van der Waals surface area contributed by atoms with Crippen molar-refractivity contribution in [2.45, 2.75) is 6.42 Å². The number of methoxy groups -OCH3 is 2. The number of amides is 2. The van der Waals surface area contributed by atoms with Gasteiger partial charge in [0.05, 0.1) is 26.0 Å². The molecule has 0 bridgehead atoms. The summed E-state index contributed by atoms with van der Waals surface area (Å²) in [6, 6.07) is 6.40. The molecule has 0 fully saturated rings. The molecule has 0 atom stereocenters. The lowest BCUT2D eigenvalue weighted by molar-refractivity contribution is -0.115. The quantitative estimate of drug-likeness (QED) is 0.861. The lowest BCUT2D eigenvalue weighted by atomic mass is 10.2. The fourth-order valence-corrected chi connectivity index (χ4v) is 1.31. The van der Waals surface area contributed by atoms with Gasteiger partial charge >= 0.3 is 6.09 Å². The van der Waals surface area contributed by atoms with E-state index >= 15 is 0 Å². The van der Waals surface area contributed by atoms with Crippen molar-refractivity contribution in [1.82, 2.24) is 0 Å². The smallest absolute Gasteiger partial charge is 0.411 e. The topological polar surface area (TPSA) is 100 Å². The summed E-state index contributed by atoms with van der Waals surface area (Å²) in [6.07, 6.45) is -0.857. The second-order valence-electron chi connectivity index (χ2n) is 3.41. The van der Waals surface area contributed by atoms with Crippen molar-refractivity contribution in [1.29, 1.82) is 5.26 Å². The average Bonchev–Trinajstić information content (AvgIpc) is 2.40. The molecule has 7 heteroatoms. The molecule has 1 aromatic carbocycles. The van der Waals surface area contributed by atoms with Gasteiger partial charge < -0.3 is 14.8 Å². The third kappa shape index (κ3) is 4.20. The van der Waals surface area contributed by atoms with Crippen LogP contribution in [0.5, 0.6) is 5.75 Å². The molecule has 0 aromatic heterocycles. The molecule has 0 spiro atoms. The van der Waals surface area contributed by atoms with Gasteiger partial charge in [0.2, 0.25) is 5.91 Å². The second-order valence-corrected chi connectivity index (χ2v) is 3.41. The van der Waals surface area contributed by atoms with Gasteiger partial charge in [-0.25, -0.2) is 4.79 Å². The summed E-state index contributed by atoms with van der Waals surface area (Å²) < 4.78 is 9.56. The van der Waals surface area contributed by atoms with Gasteiger partial charge in [-0.1, -0.05) is 0 Å². The predicted molar refractivity (Wildman–Crippen MR) is 67.9 cm³/mol. The molecule has 0 saturated carbocycles. The highest BCUT2D eigenvalue weighted by molar-refractivity contribution is 5.93. The molecule has 0 aliphatic heterocycles. The summed E-state index contributed by atoms with van der Waals surface area (Å²) in [7, 11) is 2.68. The molecule has 2 amide bonds. The first-order chi connectivity index (χ1) is 9.10. The maximum absolute atomic E-state index is 11.3. The predicted octanol–water partition coefficient (Wildman–Crippen LogP) is 1.73. The van der Waals surface area contributed by atoms with Gasteiger partial charge in [0.1, 0.15) is 12.2 Å². The standard InChI is InChI=1S/C12H13N3O4/c1-18-10-7-8(14-11(16)5-6-13)3-4-9(10)15-12(17)19-2/h3-4,7H,5H2,1-2H3,(H,14,16)(H,15,17). The van der Waals surface area contributed by atoms with E-state index in [4.69, 9.17) is 10.00 Å². The summed E-state index contributed by atoms with van der Waals surface area (Å²) in [4.78, 5) is 22.4. The second kappa shape index (κ2) is 6.86. The number of nitrogens with one attached hydrogen (secondary N) is 2. The number of hydrogen-bond acceptors (Lipinski definition) is 5. The summed E-state index contributed by atoms with van der Waals surface area (Å²) >= 11 is 0. The zero-order valence-corrected chi connectivity index (χ0v) is 10.5. The maximum Gasteiger partial charge on any atom is 0.411 e. The lowest BCUT2D eigenvalue weighted by Gasteiger charge is -2.11. The Kier molecular flexibility index (Phi) is 5.17. The molecule has 1 aromatic rings. The number of benzene rings is 1. The number of nitriles is 1. The van der Waals surface area contributed by atoms with Gasteiger partial charge in [-0.05, 0) is 12.1 Å². The summed E-state index contributed by atoms with van der Waals surface area (Å²) in [5, 5.41) is 13.4. The Hall–Kier alpha value is -2.75. The van der Waals surface area contributed by atoms with Crippen molar-refractivity contribution in [3.63, 3.8) is 0 Å². The highest BCUT2D eigenvalue weighted by Crippen LogP contribution is 2.28. The number of anilines is 2. The molecule has 7 nitrogen and oxygen atoms in total. The third-order valence-electron chi connectivity index (χ3n) is 2.15. The van der Waals surface area contributed by atoms with Gasteiger partial charge in [0.25, 0.3) is 0 Å². The van der Waals surface area contributed by atoms with Crippen LogP contribution in [0.25, 0.3) is 0 Å². The fraction of sp³-hybridized carbons (Fsp3) is 0.250. The number of ether oxygens (including phenoxy) is 2. The molecule has 0 heterocycles. The third-order valence-corrected chi connectivity index (χ3v) is 2.15. The molecule has 0 unspecified atom stereocenters. The fourth-order valence-electron chi connectivity index (χ4n) is 1.31. The van der Waals surface area contributed by atoms with Crippen LogP contribution in [0.4, 0.5) is 16.2 Å². The molecule has 0 radical (unpaired) electrons. The SMILES string of the molecule is COC(=O)Nc1ccc(NC(=O)CC#N)cc1OC. The van der Waals surface area contributed by atoms with Gasteiger partial charge in [-0.3, -0.25) is 10.1 Å². The minimum atomic E-state index is -0.625. The number of rotatable bonds is 4. The van der Waals surface area contributed by atoms with Crippen LogP contribution < -0.4 is 15.4 Å². The van der Waals surface area contributed by atoms with E-state index < -0.39 is 12.0 Å². The summed E-state index contributed by atoms with van der Waals surface area (Å²) in [5.41, 5.74) is 0.875. The van der Waals surface area contributed by atoms with Crippen LogP contribution in [-0.2, 0) is 9.53 Å². The van der Waals surface area contributed by atoms with Crippen molar-refractivity contribution in [3.05, 3.63) is 18.2 Å². The van der Waals surface area contributed by atoms with E-state index in [-0.39, 0.29) is 6.42 Å². The van der Waals surface area contributed by atoms with Gasteiger partial charge in [0.15, 0.2) is 0 Å². The molecular formula is C12H13N3O4. The average molecular weight is 263 g/mol. The Balaban J connectivity index is 2.87. The van der Waals surface area contributed by atoms with Crippen LogP contribution >= 0.6 is 0 Å². The maximum atomic E-state index is 11.3. The largest absolute Gasteiger partial charge is 0.494 e. The highest BCUT2D eigenvalue weighted by Gasteiger charge is 2.09. The van der Waals surface area contributed by atoms with E-state index in [0.717, 1.165) is 0 Å². The van der Waals surface area contributed by atoms with Gasteiger partial charge in [-0.15, -0.1) is 0 Å². The number of nitrogens with zero attached hydrogens (tertiary/aromatic N) is 1. The van der Waals surface area contributed by atoms with Crippen LogP contribution in [-0.4, -0.2) is 26.2 Å². The van der Waals surface area contributed by atoms with Crippen molar-refractivity contribution in [2.75, 3.05) is 24.9 Å². The zero-order valence-electron chi connectivity index (χ0n) is 10.5. The monoisotopic (exact) mass is 263 g/mol. The van der Waals surface area contributed by atoms with Gasteiger partial charge in [-0.2, -0.15) is 5.26 Å². The molecule has 19 heavy (non-hydrogen) atoms. The number of carbonyl (C=O) groups is 2. The Morgan fingerprint density at radius 2 is 2.05 bits per heavy atom. The lowest BCUT2D eigenvalue weighted by Crippen LogP contribution is -2.13. The van der Waals surface area contributed by atoms with Crippen molar-refractivity contribution in [2.24, 2.45) is 0 Å². The molecule has 100 valence electrons.